The van der Waals surface area contributed by atoms with Crippen LogP contribution in [0.2, 0.25) is 0 Å². The van der Waals surface area contributed by atoms with Crippen LogP contribution in [0.3, 0.4) is 0 Å². The fourth-order valence-corrected chi connectivity index (χ4v) is 2.32. The molecule has 3 rings (SSSR count). The van der Waals surface area contributed by atoms with Gasteiger partial charge < -0.3 is 14.5 Å². The van der Waals surface area contributed by atoms with Crippen molar-refractivity contribution in [2.75, 3.05) is 0 Å². The number of alkyl halides is 2. The molecule has 0 spiro atoms. The van der Waals surface area contributed by atoms with Crippen LogP contribution in [0.1, 0.15) is 16.1 Å². The van der Waals surface area contributed by atoms with Gasteiger partial charge >= 0.3 is 6.61 Å². The number of rotatable bonds is 5. The first kappa shape index (κ1) is 16.6. The third-order valence-electron chi connectivity index (χ3n) is 3.44. The minimum absolute atomic E-state index is 0.000939. The first-order valence-corrected chi connectivity index (χ1v) is 7.38. The second kappa shape index (κ2) is 7.12. The lowest BCUT2D eigenvalue weighted by atomic mass is 10.2. The zero-order chi connectivity index (χ0) is 17.8. The van der Waals surface area contributed by atoms with Gasteiger partial charge in [0.05, 0.1) is 5.39 Å². The molecule has 0 aliphatic carbocycles. The van der Waals surface area contributed by atoms with E-state index in [1.165, 1.54) is 18.2 Å². The quantitative estimate of drug-likeness (QED) is 0.770. The van der Waals surface area contributed by atoms with Crippen molar-refractivity contribution in [1.82, 2.24) is 5.32 Å². The monoisotopic (exact) mass is 345 g/mol. The Kier molecular flexibility index (Phi) is 4.74. The molecule has 0 unspecified atom stereocenters. The minimum atomic E-state index is -2.92. The number of carbonyl (C=O) groups excluding carboxylic acids is 1. The van der Waals surface area contributed by atoms with Crippen LogP contribution in [-0.4, -0.2) is 12.5 Å². The molecule has 0 atom stereocenters. The van der Waals surface area contributed by atoms with Crippen LogP contribution in [-0.2, 0) is 6.54 Å². The Hall–Kier alpha value is -3.22. The zero-order valence-electron chi connectivity index (χ0n) is 12.9. The number of nitrogens with one attached hydrogen (secondary N) is 1. The predicted octanol–water partition coefficient (Wildman–Crippen LogP) is 3.32. The molecule has 1 aromatic heterocycles. The van der Waals surface area contributed by atoms with Crippen molar-refractivity contribution in [3.63, 3.8) is 0 Å². The first-order chi connectivity index (χ1) is 12.0. The molecule has 1 amide bonds. The molecule has 1 heterocycles. The number of hydrogen-bond donors (Lipinski definition) is 1. The van der Waals surface area contributed by atoms with Crippen molar-refractivity contribution in [2.24, 2.45) is 0 Å². The Balaban J connectivity index is 1.74. The summed E-state index contributed by atoms with van der Waals surface area (Å²) in [7, 11) is 0. The molecule has 128 valence electrons. The maximum absolute atomic E-state index is 12.2. The lowest BCUT2D eigenvalue weighted by molar-refractivity contribution is -0.0498. The number of para-hydroxylation sites is 1. The Bertz CT molecular complexity index is 968. The van der Waals surface area contributed by atoms with Gasteiger partial charge in [0.1, 0.15) is 11.3 Å². The summed E-state index contributed by atoms with van der Waals surface area (Å²) in [6, 6.07) is 13.7. The molecule has 0 aliphatic heterocycles. The molecule has 2 aromatic carbocycles. The van der Waals surface area contributed by atoms with Gasteiger partial charge in [-0.05, 0) is 29.8 Å². The third-order valence-corrected chi connectivity index (χ3v) is 3.44. The van der Waals surface area contributed by atoms with Gasteiger partial charge in [-0.1, -0.05) is 24.3 Å². The Morgan fingerprint density at radius 1 is 1.12 bits per heavy atom. The molecule has 0 fully saturated rings. The topological polar surface area (TPSA) is 68.5 Å². The van der Waals surface area contributed by atoms with Gasteiger partial charge in [-0.3, -0.25) is 9.59 Å². The van der Waals surface area contributed by atoms with Crippen molar-refractivity contribution in [3.05, 3.63) is 76.1 Å². The summed E-state index contributed by atoms with van der Waals surface area (Å²) in [6.45, 7) is -2.85. The molecule has 5 nitrogen and oxygen atoms in total. The van der Waals surface area contributed by atoms with E-state index < -0.39 is 12.5 Å². The third kappa shape index (κ3) is 4.00. The highest BCUT2D eigenvalue weighted by molar-refractivity contribution is 5.93. The molecule has 0 aliphatic rings. The average Bonchev–Trinajstić information content (AvgIpc) is 2.59. The van der Waals surface area contributed by atoms with Crippen LogP contribution in [0.15, 0.2) is 63.8 Å². The molecule has 0 radical (unpaired) electrons. The number of halogens is 2. The highest BCUT2D eigenvalue weighted by Crippen LogP contribution is 2.16. The van der Waals surface area contributed by atoms with E-state index in [9.17, 15) is 18.4 Å². The van der Waals surface area contributed by atoms with Crippen molar-refractivity contribution in [1.29, 1.82) is 0 Å². The molecule has 1 N–H and O–H groups in total. The second-order valence-corrected chi connectivity index (χ2v) is 5.18. The van der Waals surface area contributed by atoms with E-state index in [0.29, 0.717) is 16.5 Å². The van der Waals surface area contributed by atoms with E-state index in [-0.39, 0.29) is 23.5 Å². The Morgan fingerprint density at radius 3 is 2.72 bits per heavy atom. The van der Waals surface area contributed by atoms with Gasteiger partial charge in [0.25, 0.3) is 5.91 Å². The maximum Gasteiger partial charge on any atom is 0.387 e. The van der Waals surface area contributed by atoms with E-state index in [1.807, 2.05) is 0 Å². The van der Waals surface area contributed by atoms with Gasteiger partial charge in [-0.2, -0.15) is 8.78 Å². The standard InChI is InChI=1S/C18H13F2NO4/c19-18(20)24-12-5-3-4-11(8-12)10-21-17(23)16-9-14(22)13-6-1-2-7-15(13)25-16/h1-9,18H,10H2,(H,21,23). The number of ether oxygens (including phenoxy) is 1. The minimum Gasteiger partial charge on any atom is -0.451 e. The summed E-state index contributed by atoms with van der Waals surface area (Å²) < 4.78 is 34.2. The van der Waals surface area contributed by atoms with Crippen molar-refractivity contribution < 1.29 is 22.7 Å². The fraction of sp³-hybridized carbons (Fsp3) is 0.111. The predicted molar refractivity (Wildman–Crippen MR) is 86.7 cm³/mol. The van der Waals surface area contributed by atoms with Crippen LogP contribution in [0.25, 0.3) is 11.0 Å². The molecule has 3 aromatic rings. The molecular weight excluding hydrogens is 332 g/mol. The second-order valence-electron chi connectivity index (χ2n) is 5.18. The van der Waals surface area contributed by atoms with E-state index in [4.69, 9.17) is 4.42 Å². The molecule has 7 heteroatoms. The molecule has 25 heavy (non-hydrogen) atoms. The van der Waals surface area contributed by atoms with Crippen LogP contribution in [0.4, 0.5) is 8.78 Å². The van der Waals surface area contributed by atoms with E-state index in [1.54, 1.807) is 30.3 Å². The molecule has 0 saturated carbocycles. The maximum atomic E-state index is 12.2. The van der Waals surface area contributed by atoms with Crippen LogP contribution in [0.5, 0.6) is 5.75 Å². The summed E-state index contributed by atoms with van der Waals surface area (Å²) in [6.07, 6.45) is 0. The van der Waals surface area contributed by atoms with Gasteiger partial charge in [-0.25, -0.2) is 0 Å². The zero-order valence-corrected chi connectivity index (χ0v) is 12.9. The highest BCUT2D eigenvalue weighted by atomic mass is 19.3. The summed E-state index contributed by atoms with van der Waals surface area (Å²) in [5, 5.41) is 2.96. The van der Waals surface area contributed by atoms with Crippen LogP contribution in [0, 0.1) is 0 Å². The average molecular weight is 345 g/mol. The van der Waals surface area contributed by atoms with E-state index in [2.05, 4.69) is 10.1 Å². The molecular formula is C18H13F2NO4. The fourth-order valence-electron chi connectivity index (χ4n) is 2.32. The van der Waals surface area contributed by atoms with Crippen molar-refractivity contribution >= 4 is 16.9 Å². The lowest BCUT2D eigenvalue weighted by Gasteiger charge is -2.08. The normalized spacial score (nSPS) is 10.8. The number of benzene rings is 2. The van der Waals surface area contributed by atoms with Crippen LogP contribution < -0.4 is 15.5 Å². The van der Waals surface area contributed by atoms with E-state index in [0.717, 1.165) is 6.07 Å². The number of amides is 1. The lowest BCUT2D eigenvalue weighted by Crippen LogP contribution is -2.24. The Labute approximate surface area is 140 Å². The van der Waals surface area contributed by atoms with Crippen molar-refractivity contribution in [2.45, 2.75) is 13.2 Å². The summed E-state index contributed by atoms with van der Waals surface area (Å²) in [5.41, 5.74) is 0.557. The number of hydrogen-bond acceptors (Lipinski definition) is 4. The summed E-state index contributed by atoms with van der Waals surface area (Å²) in [5.74, 6) is -0.703. The largest absolute Gasteiger partial charge is 0.451 e. The number of fused-ring (bicyclic) bond motifs is 1. The van der Waals surface area contributed by atoms with Gasteiger partial charge in [0.15, 0.2) is 11.2 Å². The SMILES string of the molecule is O=C(NCc1cccc(OC(F)F)c1)c1cc(=O)c2ccccc2o1. The summed E-state index contributed by atoms with van der Waals surface area (Å²) >= 11 is 0. The van der Waals surface area contributed by atoms with Crippen LogP contribution >= 0.6 is 0 Å². The number of carbonyl (C=O) groups is 1. The molecule has 0 saturated heterocycles. The van der Waals surface area contributed by atoms with Gasteiger partial charge in [0, 0.05) is 12.6 Å². The highest BCUT2D eigenvalue weighted by Gasteiger charge is 2.12. The smallest absolute Gasteiger partial charge is 0.387 e. The van der Waals surface area contributed by atoms with Crippen molar-refractivity contribution in [3.8, 4) is 5.75 Å². The first-order valence-electron chi connectivity index (χ1n) is 7.38. The molecule has 0 bridgehead atoms. The Morgan fingerprint density at radius 2 is 1.92 bits per heavy atom. The summed E-state index contributed by atoms with van der Waals surface area (Å²) in [4.78, 5) is 24.2. The van der Waals surface area contributed by atoms with E-state index >= 15 is 0 Å². The van der Waals surface area contributed by atoms with Gasteiger partial charge in [-0.15, -0.1) is 0 Å². The van der Waals surface area contributed by atoms with Gasteiger partial charge in [0.2, 0.25) is 0 Å².